The molecule has 0 bridgehead atoms. The van der Waals surface area contributed by atoms with E-state index >= 15 is 0 Å². The van der Waals surface area contributed by atoms with Crippen LogP contribution in [0.2, 0.25) is 10.0 Å². The topological polar surface area (TPSA) is 62.1 Å². The van der Waals surface area contributed by atoms with Crippen molar-refractivity contribution < 1.29 is 9.00 Å². The van der Waals surface area contributed by atoms with E-state index in [1.54, 1.807) is 42.7 Å². The number of benzene rings is 2. The van der Waals surface area contributed by atoms with Crippen molar-refractivity contribution in [1.29, 1.82) is 0 Å². The molecule has 1 atom stereocenters. The number of rotatable bonds is 5. The second-order valence-electron chi connectivity index (χ2n) is 5.90. The Bertz CT molecular complexity index is 1010. The van der Waals surface area contributed by atoms with Crippen LogP contribution < -0.4 is 0 Å². The van der Waals surface area contributed by atoms with Gasteiger partial charge in [0.2, 0.25) is 0 Å². The molecule has 0 N–H and O–H groups in total. The van der Waals surface area contributed by atoms with E-state index < -0.39 is 15.6 Å². The van der Waals surface area contributed by atoms with E-state index in [-0.39, 0.29) is 16.3 Å². The molecule has 1 amide bonds. The van der Waals surface area contributed by atoms with Crippen LogP contribution in [0, 0.1) is 0 Å². The Balaban J connectivity index is 2.00. The Morgan fingerprint density at radius 2 is 1.88 bits per heavy atom. The molecule has 1 heterocycles. The molecule has 136 valence electrons. The van der Waals surface area contributed by atoms with Crippen molar-refractivity contribution in [3.05, 3.63) is 57.6 Å². The van der Waals surface area contributed by atoms with Crippen LogP contribution in [0.1, 0.15) is 22.8 Å². The summed E-state index contributed by atoms with van der Waals surface area (Å²) in [6.07, 6.45) is 1.63. The molecule has 3 rings (SSSR count). The minimum Gasteiger partial charge on any atom is -0.366 e. The molecule has 0 saturated carbocycles. The van der Waals surface area contributed by atoms with E-state index in [4.69, 9.17) is 23.2 Å². The predicted molar refractivity (Wildman–Crippen MR) is 106 cm³/mol. The van der Waals surface area contributed by atoms with Gasteiger partial charge in [-0.3, -0.25) is 4.79 Å². The number of carbonyl (C=O) groups is 1. The van der Waals surface area contributed by atoms with Crippen LogP contribution in [-0.4, -0.2) is 34.9 Å². The molecular weight excluding hydrogens is 393 g/mol. The van der Waals surface area contributed by atoms with E-state index in [2.05, 4.69) is 9.36 Å². The van der Waals surface area contributed by atoms with Gasteiger partial charge in [0, 0.05) is 18.6 Å². The van der Waals surface area contributed by atoms with Crippen LogP contribution in [0.5, 0.6) is 0 Å². The summed E-state index contributed by atoms with van der Waals surface area (Å²) in [6.45, 7) is 2.78. The quantitative estimate of drug-likeness (QED) is 0.526. The standard InChI is InChI=1S/C18H17Cl2N3O2S/c1-3-23(2)11-21-14-8-9-15-16(17(14)20)18(24)22-26(15,25)10-12-4-6-13(19)7-5-12/h4-9,11H,3,10H2,1-2H3/b21-11-. The summed E-state index contributed by atoms with van der Waals surface area (Å²) in [5, 5.41) is 0.768. The molecule has 0 aliphatic carbocycles. The number of amides is 1. The molecule has 1 unspecified atom stereocenters. The third-order valence-corrected chi connectivity index (χ3v) is 6.89. The van der Waals surface area contributed by atoms with E-state index in [0.717, 1.165) is 12.1 Å². The van der Waals surface area contributed by atoms with Gasteiger partial charge in [-0.1, -0.05) is 35.3 Å². The zero-order chi connectivity index (χ0) is 18.9. The molecule has 2 aromatic carbocycles. The van der Waals surface area contributed by atoms with Gasteiger partial charge in [0.25, 0.3) is 5.91 Å². The monoisotopic (exact) mass is 409 g/mol. The molecule has 0 saturated heterocycles. The molecule has 0 radical (unpaired) electrons. The maximum atomic E-state index is 13.3. The number of nitrogens with zero attached hydrogens (tertiary/aromatic N) is 3. The second kappa shape index (κ2) is 7.39. The molecule has 0 spiro atoms. The zero-order valence-electron chi connectivity index (χ0n) is 14.3. The van der Waals surface area contributed by atoms with E-state index in [9.17, 15) is 9.00 Å². The normalized spacial score (nSPS) is 18.8. The Labute approximate surface area is 162 Å². The lowest BCUT2D eigenvalue weighted by Crippen LogP contribution is -2.14. The summed E-state index contributed by atoms with van der Waals surface area (Å²) in [6, 6.07) is 10.3. The number of aliphatic imine (C=N–C) groups is 1. The highest BCUT2D eigenvalue weighted by atomic mass is 35.5. The minimum atomic E-state index is -2.92. The Kier molecular flexibility index (Phi) is 5.37. The van der Waals surface area contributed by atoms with Gasteiger partial charge in [0.1, 0.15) is 0 Å². The van der Waals surface area contributed by atoms with Crippen LogP contribution in [0.15, 0.2) is 50.6 Å². The highest BCUT2D eigenvalue weighted by Crippen LogP contribution is 2.39. The summed E-state index contributed by atoms with van der Waals surface area (Å²) >= 11 is 12.3. The van der Waals surface area contributed by atoms with Crippen molar-refractivity contribution >= 4 is 50.9 Å². The average molecular weight is 410 g/mol. The lowest BCUT2D eigenvalue weighted by molar-refractivity contribution is 0.101. The fourth-order valence-corrected chi connectivity index (χ4v) is 5.09. The summed E-state index contributed by atoms with van der Waals surface area (Å²) in [5.74, 6) is -0.440. The molecule has 1 aliphatic heterocycles. The summed E-state index contributed by atoms with van der Waals surface area (Å²) in [5.41, 5.74) is 1.41. The first-order chi connectivity index (χ1) is 12.3. The van der Waals surface area contributed by atoms with E-state index in [1.807, 2.05) is 18.9 Å². The number of hydrogen-bond acceptors (Lipinski definition) is 3. The maximum Gasteiger partial charge on any atom is 0.288 e. The minimum absolute atomic E-state index is 0.125. The van der Waals surface area contributed by atoms with Gasteiger partial charge in [0.05, 0.1) is 43.0 Å². The molecule has 8 heteroatoms. The van der Waals surface area contributed by atoms with Gasteiger partial charge in [0.15, 0.2) is 0 Å². The van der Waals surface area contributed by atoms with Crippen molar-refractivity contribution in [2.75, 3.05) is 13.6 Å². The van der Waals surface area contributed by atoms with Gasteiger partial charge < -0.3 is 4.90 Å². The Hall–Kier alpha value is -1.89. The molecule has 0 fully saturated rings. The lowest BCUT2D eigenvalue weighted by atomic mass is 10.2. The predicted octanol–water partition coefficient (Wildman–Crippen LogP) is 4.79. The van der Waals surface area contributed by atoms with Gasteiger partial charge in [-0.25, -0.2) is 9.20 Å². The van der Waals surface area contributed by atoms with Crippen molar-refractivity contribution in [3.63, 3.8) is 0 Å². The van der Waals surface area contributed by atoms with Gasteiger partial charge in [-0.15, -0.1) is 0 Å². The molecule has 1 aliphatic rings. The molecular formula is C18H17Cl2N3O2S. The number of carbonyl (C=O) groups excluding carboxylic acids is 1. The van der Waals surface area contributed by atoms with Crippen molar-refractivity contribution in [2.45, 2.75) is 17.6 Å². The molecule has 5 nitrogen and oxygen atoms in total. The van der Waals surface area contributed by atoms with Crippen LogP contribution in [0.4, 0.5) is 5.69 Å². The van der Waals surface area contributed by atoms with Gasteiger partial charge >= 0.3 is 0 Å². The van der Waals surface area contributed by atoms with E-state index in [1.165, 1.54) is 0 Å². The third-order valence-electron chi connectivity index (χ3n) is 4.04. The van der Waals surface area contributed by atoms with Crippen molar-refractivity contribution in [1.82, 2.24) is 4.90 Å². The lowest BCUT2D eigenvalue weighted by Gasteiger charge is -2.10. The van der Waals surface area contributed by atoms with Crippen LogP contribution >= 0.6 is 23.2 Å². The van der Waals surface area contributed by atoms with Crippen LogP contribution in [0.3, 0.4) is 0 Å². The molecule has 2 aromatic rings. The third kappa shape index (κ3) is 3.63. The molecule has 0 aromatic heterocycles. The van der Waals surface area contributed by atoms with Crippen molar-refractivity contribution in [3.8, 4) is 0 Å². The smallest absolute Gasteiger partial charge is 0.288 e. The first kappa shape index (κ1) is 18.9. The number of fused-ring (bicyclic) bond motifs is 1. The summed E-state index contributed by atoms with van der Waals surface area (Å²) in [4.78, 5) is 18.9. The van der Waals surface area contributed by atoms with Crippen molar-refractivity contribution in [2.24, 2.45) is 9.36 Å². The van der Waals surface area contributed by atoms with E-state index in [0.29, 0.717) is 15.6 Å². The Morgan fingerprint density at radius 1 is 1.19 bits per heavy atom. The first-order valence-corrected chi connectivity index (χ1v) is 10.4. The van der Waals surface area contributed by atoms with Crippen LogP contribution in [0.25, 0.3) is 0 Å². The fourth-order valence-electron chi connectivity index (χ4n) is 2.50. The highest BCUT2D eigenvalue weighted by molar-refractivity contribution is 7.93. The van der Waals surface area contributed by atoms with Gasteiger partial charge in [-0.2, -0.15) is 4.36 Å². The fraction of sp³-hybridized carbons (Fsp3) is 0.222. The van der Waals surface area contributed by atoms with Crippen LogP contribution in [-0.2, 0) is 15.5 Å². The first-order valence-electron chi connectivity index (χ1n) is 7.94. The SMILES string of the molecule is CCN(C)/C=N\c1ccc2c(c1Cl)C(=O)N=S2(=O)Cc1ccc(Cl)cc1. The maximum absolute atomic E-state index is 13.3. The number of halogens is 2. The average Bonchev–Trinajstić information content (AvgIpc) is 2.87. The zero-order valence-corrected chi connectivity index (χ0v) is 16.6. The van der Waals surface area contributed by atoms with Gasteiger partial charge in [-0.05, 0) is 36.8 Å². The Morgan fingerprint density at radius 3 is 2.54 bits per heavy atom. The molecule has 26 heavy (non-hydrogen) atoms. The largest absolute Gasteiger partial charge is 0.366 e. The second-order valence-corrected chi connectivity index (χ2v) is 8.90. The highest BCUT2D eigenvalue weighted by Gasteiger charge is 2.32. The summed E-state index contributed by atoms with van der Waals surface area (Å²) in [7, 11) is -1.04. The number of hydrogen-bond donors (Lipinski definition) is 0. The summed E-state index contributed by atoms with van der Waals surface area (Å²) < 4.78 is 17.3.